The monoisotopic (exact) mass is 260 g/mol. The lowest BCUT2D eigenvalue weighted by Crippen LogP contribution is -2.25. The van der Waals surface area contributed by atoms with Crippen molar-refractivity contribution in [2.75, 3.05) is 11.9 Å². The summed E-state index contributed by atoms with van der Waals surface area (Å²) in [6, 6.07) is 9.65. The van der Waals surface area contributed by atoms with Gasteiger partial charge in [0.05, 0.1) is 16.4 Å². The number of fused-ring (bicyclic) bond motifs is 1. The molecule has 1 aliphatic rings. The van der Waals surface area contributed by atoms with Gasteiger partial charge < -0.3 is 10.6 Å². The molecule has 1 aromatic heterocycles. The summed E-state index contributed by atoms with van der Waals surface area (Å²) in [5.74, 6) is 0.740. The van der Waals surface area contributed by atoms with Gasteiger partial charge in [-0.2, -0.15) is 5.10 Å². The molecule has 2 N–H and O–H groups in total. The molecule has 0 aliphatic carbocycles. The van der Waals surface area contributed by atoms with Crippen LogP contribution in [0.3, 0.4) is 0 Å². The van der Waals surface area contributed by atoms with E-state index in [-0.39, 0.29) is 0 Å². The Morgan fingerprint density at radius 2 is 2.11 bits per heavy atom. The predicted molar refractivity (Wildman–Crippen MR) is 72.2 cm³/mol. The maximum atomic E-state index is 6.10. The fourth-order valence-corrected chi connectivity index (χ4v) is 2.20. The number of halogens is 1. The maximum absolute atomic E-state index is 6.10. The molecule has 0 radical (unpaired) electrons. The zero-order valence-corrected chi connectivity index (χ0v) is 10.5. The zero-order valence-electron chi connectivity index (χ0n) is 9.78. The number of anilines is 2. The van der Waals surface area contributed by atoms with Crippen molar-refractivity contribution < 1.29 is 0 Å². The highest BCUT2D eigenvalue weighted by Crippen LogP contribution is 2.24. The predicted octanol–water partition coefficient (Wildman–Crippen LogP) is 2.52. The van der Waals surface area contributed by atoms with Crippen molar-refractivity contribution in [1.82, 2.24) is 15.5 Å². The van der Waals surface area contributed by atoms with E-state index in [4.69, 9.17) is 11.6 Å². The van der Waals surface area contributed by atoms with Crippen molar-refractivity contribution in [2.24, 2.45) is 0 Å². The first-order valence-corrected chi connectivity index (χ1v) is 6.28. The summed E-state index contributed by atoms with van der Waals surface area (Å²) in [5, 5.41) is 15.5. The molecule has 1 aromatic carbocycles. The van der Waals surface area contributed by atoms with Gasteiger partial charge in [0, 0.05) is 6.54 Å². The van der Waals surface area contributed by atoms with Gasteiger partial charge in [-0.15, -0.1) is 5.10 Å². The Morgan fingerprint density at radius 3 is 3.00 bits per heavy atom. The van der Waals surface area contributed by atoms with Gasteiger partial charge in [-0.25, -0.2) is 0 Å². The van der Waals surface area contributed by atoms with Crippen LogP contribution in [0.4, 0.5) is 11.5 Å². The first-order valence-electron chi connectivity index (χ1n) is 5.91. The van der Waals surface area contributed by atoms with Gasteiger partial charge in [0.1, 0.15) is 0 Å². The smallest absolute Gasteiger partial charge is 0.153 e. The highest BCUT2D eigenvalue weighted by atomic mass is 35.5. The summed E-state index contributed by atoms with van der Waals surface area (Å²) >= 11 is 6.10. The number of para-hydroxylation sites is 1. The number of benzene rings is 1. The maximum Gasteiger partial charge on any atom is 0.153 e. The number of rotatable bonds is 2. The number of nitrogens with zero attached hydrogens (tertiary/aromatic N) is 2. The summed E-state index contributed by atoms with van der Waals surface area (Å²) < 4.78 is 0. The molecular weight excluding hydrogens is 248 g/mol. The Labute approximate surface area is 110 Å². The van der Waals surface area contributed by atoms with Crippen molar-refractivity contribution in [3.63, 3.8) is 0 Å². The topological polar surface area (TPSA) is 49.8 Å². The normalized spacial score (nSPS) is 14.1. The van der Waals surface area contributed by atoms with Gasteiger partial charge in [-0.1, -0.05) is 23.7 Å². The van der Waals surface area contributed by atoms with Crippen LogP contribution in [0.2, 0.25) is 5.02 Å². The summed E-state index contributed by atoms with van der Waals surface area (Å²) in [5.41, 5.74) is 3.13. The molecule has 0 spiro atoms. The van der Waals surface area contributed by atoms with Crippen molar-refractivity contribution >= 4 is 23.1 Å². The average Bonchev–Trinajstić information content (AvgIpc) is 2.41. The van der Waals surface area contributed by atoms with E-state index in [1.165, 1.54) is 5.56 Å². The fraction of sp³-hybridized carbons (Fsp3) is 0.231. The van der Waals surface area contributed by atoms with E-state index in [1.54, 1.807) is 0 Å². The third kappa shape index (κ3) is 2.30. The van der Waals surface area contributed by atoms with Crippen LogP contribution in [0.15, 0.2) is 30.3 Å². The number of hydrogen-bond acceptors (Lipinski definition) is 4. The van der Waals surface area contributed by atoms with Gasteiger partial charge in [-0.05, 0) is 36.7 Å². The summed E-state index contributed by atoms with van der Waals surface area (Å²) in [6.07, 6.45) is 0.988. The molecule has 0 saturated heterocycles. The van der Waals surface area contributed by atoms with E-state index < -0.39 is 0 Å². The molecule has 0 bridgehead atoms. The minimum absolute atomic E-state index is 0.679. The van der Waals surface area contributed by atoms with Gasteiger partial charge in [-0.3, -0.25) is 0 Å². The molecule has 0 fully saturated rings. The van der Waals surface area contributed by atoms with Crippen LogP contribution < -0.4 is 10.6 Å². The van der Waals surface area contributed by atoms with Crippen molar-refractivity contribution in [3.8, 4) is 0 Å². The average molecular weight is 261 g/mol. The van der Waals surface area contributed by atoms with Crippen LogP contribution in [0.1, 0.15) is 11.3 Å². The van der Waals surface area contributed by atoms with Gasteiger partial charge in [0.25, 0.3) is 0 Å². The Morgan fingerprint density at radius 1 is 1.22 bits per heavy atom. The van der Waals surface area contributed by atoms with Crippen molar-refractivity contribution in [3.05, 3.63) is 46.6 Å². The number of hydrogen-bond donors (Lipinski definition) is 2. The third-order valence-corrected chi connectivity index (χ3v) is 3.29. The van der Waals surface area contributed by atoms with Crippen molar-refractivity contribution in [1.29, 1.82) is 0 Å². The highest BCUT2D eigenvalue weighted by molar-refractivity contribution is 6.33. The van der Waals surface area contributed by atoms with Crippen LogP contribution in [0, 0.1) is 0 Å². The van der Waals surface area contributed by atoms with E-state index >= 15 is 0 Å². The molecule has 4 nitrogen and oxygen atoms in total. The van der Waals surface area contributed by atoms with Crippen LogP contribution in [0.5, 0.6) is 0 Å². The Kier molecular flexibility index (Phi) is 3.13. The summed E-state index contributed by atoms with van der Waals surface area (Å²) in [6.45, 7) is 1.79. The molecule has 3 rings (SSSR count). The number of nitrogens with one attached hydrogen (secondary N) is 2. The molecule has 2 aromatic rings. The van der Waals surface area contributed by atoms with Gasteiger partial charge in [0.15, 0.2) is 5.82 Å². The standard InChI is InChI=1S/C13H13ClN4/c14-10-3-1-2-4-11(10)16-13-7-9-5-6-15-8-12(9)17-18-13/h1-4,7,15H,5-6,8H2,(H,16,18). The second kappa shape index (κ2) is 4.92. The quantitative estimate of drug-likeness (QED) is 0.871. The lowest BCUT2D eigenvalue weighted by Gasteiger charge is -2.16. The second-order valence-corrected chi connectivity index (χ2v) is 4.64. The van der Waals surface area contributed by atoms with Crippen LogP contribution in [-0.2, 0) is 13.0 Å². The molecule has 0 atom stereocenters. The molecule has 0 saturated carbocycles. The first-order chi connectivity index (χ1) is 8.83. The highest BCUT2D eigenvalue weighted by Gasteiger charge is 2.11. The van der Waals surface area contributed by atoms with E-state index in [1.807, 2.05) is 30.3 Å². The molecule has 0 unspecified atom stereocenters. The number of aromatic nitrogens is 2. The lowest BCUT2D eigenvalue weighted by atomic mass is 10.1. The Hall–Kier alpha value is -1.65. The molecule has 0 amide bonds. The van der Waals surface area contributed by atoms with Crippen molar-refractivity contribution in [2.45, 2.75) is 13.0 Å². The summed E-state index contributed by atoms with van der Waals surface area (Å²) in [4.78, 5) is 0. The largest absolute Gasteiger partial charge is 0.338 e. The van der Waals surface area contributed by atoms with E-state index in [2.05, 4.69) is 20.8 Å². The SMILES string of the molecule is Clc1ccccc1Nc1cc2c(nn1)CNCC2. The minimum atomic E-state index is 0.679. The van der Waals surface area contributed by atoms with Gasteiger partial charge in [0.2, 0.25) is 0 Å². The zero-order chi connectivity index (χ0) is 12.4. The van der Waals surface area contributed by atoms with Crippen LogP contribution in [-0.4, -0.2) is 16.7 Å². The lowest BCUT2D eigenvalue weighted by molar-refractivity contribution is 0.617. The van der Waals surface area contributed by atoms with E-state index in [9.17, 15) is 0 Å². The van der Waals surface area contributed by atoms with Crippen LogP contribution in [0.25, 0.3) is 0 Å². The molecular formula is C13H13ClN4. The molecule has 2 heterocycles. The first kappa shape index (κ1) is 11.4. The fourth-order valence-electron chi connectivity index (χ4n) is 2.01. The molecule has 18 heavy (non-hydrogen) atoms. The molecule has 92 valence electrons. The summed E-state index contributed by atoms with van der Waals surface area (Å²) in [7, 11) is 0. The molecule has 5 heteroatoms. The van der Waals surface area contributed by atoms with Gasteiger partial charge >= 0.3 is 0 Å². The van der Waals surface area contributed by atoms with E-state index in [0.717, 1.165) is 36.7 Å². The van der Waals surface area contributed by atoms with Crippen LogP contribution >= 0.6 is 11.6 Å². The molecule has 1 aliphatic heterocycles. The Bertz CT molecular complexity index is 571. The Balaban J connectivity index is 1.87. The third-order valence-electron chi connectivity index (χ3n) is 2.96. The second-order valence-electron chi connectivity index (χ2n) is 4.23. The van der Waals surface area contributed by atoms with E-state index in [0.29, 0.717) is 5.02 Å². The minimum Gasteiger partial charge on any atom is -0.338 e.